The molecule has 1 atom stereocenters. The summed E-state index contributed by atoms with van der Waals surface area (Å²) in [6, 6.07) is 8.17. The summed E-state index contributed by atoms with van der Waals surface area (Å²) in [5, 5.41) is 9.88. The molecule has 78 valence electrons. The average molecular weight is 210 g/mol. The fraction of sp³-hybridized carbons (Fsp3) is 0.500. The van der Waals surface area contributed by atoms with Crippen LogP contribution in [0.3, 0.4) is 0 Å². The van der Waals surface area contributed by atoms with Gasteiger partial charge in [0.1, 0.15) is 0 Å². The van der Waals surface area contributed by atoms with E-state index in [-0.39, 0.29) is 12.0 Å². The van der Waals surface area contributed by atoms with Gasteiger partial charge >= 0.3 is 0 Å². The highest BCUT2D eigenvalue weighted by Gasteiger charge is 2.11. The minimum absolute atomic E-state index is 0.275. The Bertz CT molecular complexity index is 283. The summed E-state index contributed by atoms with van der Waals surface area (Å²) in [6.45, 7) is 6.20. The predicted octanol–water partition coefficient (Wildman–Crippen LogP) is 3.49. The number of benzene rings is 1. The van der Waals surface area contributed by atoms with Crippen LogP contribution in [0.25, 0.3) is 0 Å². The summed E-state index contributed by atoms with van der Waals surface area (Å²) >= 11 is 1.81. The predicted molar refractivity (Wildman–Crippen MR) is 62.6 cm³/mol. The smallest absolute Gasteiger partial charge is 0.0813 e. The van der Waals surface area contributed by atoms with Gasteiger partial charge in [-0.3, -0.25) is 0 Å². The van der Waals surface area contributed by atoms with Crippen molar-refractivity contribution >= 4 is 11.8 Å². The Morgan fingerprint density at radius 1 is 1.36 bits per heavy atom. The van der Waals surface area contributed by atoms with Crippen LogP contribution in [0.5, 0.6) is 0 Å². The monoisotopic (exact) mass is 210 g/mol. The molecule has 1 rings (SSSR count). The molecular formula is C12H18OS. The molecule has 0 aliphatic carbocycles. The molecular weight excluding hydrogens is 192 g/mol. The minimum atomic E-state index is -0.340. The molecule has 1 aromatic carbocycles. The molecule has 0 radical (unpaired) electrons. The Morgan fingerprint density at radius 3 is 2.64 bits per heavy atom. The Balaban J connectivity index is 2.82. The van der Waals surface area contributed by atoms with Gasteiger partial charge in [0.15, 0.2) is 0 Å². The number of hydrogen-bond donors (Lipinski definition) is 1. The van der Waals surface area contributed by atoms with Crippen LogP contribution in [0.1, 0.15) is 32.4 Å². The van der Waals surface area contributed by atoms with E-state index < -0.39 is 0 Å². The zero-order chi connectivity index (χ0) is 10.6. The summed E-state index contributed by atoms with van der Waals surface area (Å²) in [5.41, 5.74) is 1.03. The number of aliphatic hydroxyl groups excluding tert-OH is 1. The summed E-state index contributed by atoms with van der Waals surface area (Å²) in [7, 11) is 0. The third-order valence-corrected chi connectivity index (χ3v) is 3.02. The molecule has 0 fully saturated rings. The number of hydrogen-bond acceptors (Lipinski definition) is 2. The highest BCUT2D eigenvalue weighted by Crippen LogP contribution is 2.25. The van der Waals surface area contributed by atoms with Crippen molar-refractivity contribution in [1.82, 2.24) is 0 Å². The van der Waals surface area contributed by atoms with Gasteiger partial charge < -0.3 is 5.11 Å². The average Bonchev–Trinajstić information content (AvgIpc) is 2.17. The Hall–Kier alpha value is -0.470. The van der Waals surface area contributed by atoms with Gasteiger partial charge in [-0.25, -0.2) is 0 Å². The van der Waals surface area contributed by atoms with E-state index in [4.69, 9.17) is 0 Å². The molecule has 1 nitrogen and oxygen atoms in total. The lowest BCUT2D eigenvalue weighted by atomic mass is 9.99. The number of rotatable bonds is 4. The van der Waals surface area contributed by atoms with Crippen LogP contribution in [0.4, 0.5) is 0 Å². The molecule has 0 spiro atoms. The first kappa shape index (κ1) is 11.6. The summed E-state index contributed by atoms with van der Waals surface area (Å²) < 4.78 is 0. The van der Waals surface area contributed by atoms with Crippen molar-refractivity contribution < 1.29 is 5.11 Å². The first-order valence-corrected chi connectivity index (χ1v) is 6.04. The van der Waals surface area contributed by atoms with Crippen LogP contribution in [-0.2, 0) is 0 Å². The van der Waals surface area contributed by atoms with Gasteiger partial charge in [-0.05, 0) is 29.4 Å². The standard InChI is InChI=1S/C12H18OS/c1-4-14-11-7-5-6-10(8-11)12(13)9(2)3/h5-9,12-13H,4H2,1-3H3. The number of thioether (sulfide) groups is 1. The molecule has 0 saturated carbocycles. The van der Waals surface area contributed by atoms with Crippen LogP contribution in [0, 0.1) is 5.92 Å². The molecule has 0 amide bonds. The molecule has 0 saturated heterocycles. The topological polar surface area (TPSA) is 20.2 Å². The summed E-state index contributed by atoms with van der Waals surface area (Å²) in [4.78, 5) is 1.24. The van der Waals surface area contributed by atoms with Gasteiger partial charge in [0.25, 0.3) is 0 Å². The molecule has 0 bridgehead atoms. The second-order valence-corrected chi connectivity index (χ2v) is 5.03. The van der Waals surface area contributed by atoms with Gasteiger partial charge in [0.2, 0.25) is 0 Å². The van der Waals surface area contributed by atoms with Gasteiger partial charge in [0.05, 0.1) is 6.10 Å². The van der Waals surface area contributed by atoms with E-state index in [1.165, 1.54) is 4.90 Å². The van der Waals surface area contributed by atoms with Gasteiger partial charge in [-0.1, -0.05) is 32.9 Å². The molecule has 0 aliphatic rings. The maximum Gasteiger partial charge on any atom is 0.0813 e. The van der Waals surface area contributed by atoms with E-state index in [1.54, 1.807) is 0 Å². The Morgan fingerprint density at radius 2 is 2.07 bits per heavy atom. The lowest BCUT2D eigenvalue weighted by molar-refractivity contribution is 0.126. The lowest BCUT2D eigenvalue weighted by Gasteiger charge is -2.15. The largest absolute Gasteiger partial charge is 0.388 e. The first-order valence-electron chi connectivity index (χ1n) is 5.06. The molecule has 1 N–H and O–H groups in total. The van der Waals surface area contributed by atoms with Crippen molar-refractivity contribution in [1.29, 1.82) is 0 Å². The fourth-order valence-electron chi connectivity index (χ4n) is 1.34. The zero-order valence-corrected chi connectivity index (χ0v) is 9.84. The zero-order valence-electron chi connectivity index (χ0n) is 9.03. The maximum atomic E-state index is 9.88. The molecule has 1 aromatic rings. The Kier molecular flexibility index (Phi) is 4.49. The van der Waals surface area contributed by atoms with Crippen LogP contribution >= 0.6 is 11.8 Å². The second-order valence-electron chi connectivity index (χ2n) is 3.69. The first-order chi connectivity index (χ1) is 6.65. The van der Waals surface area contributed by atoms with Crippen molar-refractivity contribution in [2.24, 2.45) is 5.92 Å². The van der Waals surface area contributed by atoms with Crippen LogP contribution in [0.2, 0.25) is 0 Å². The van der Waals surface area contributed by atoms with Crippen LogP contribution in [-0.4, -0.2) is 10.9 Å². The van der Waals surface area contributed by atoms with Crippen LogP contribution in [0.15, 0.2) is 29.2 Å². The molecule has 14 heavy (non-hydrogen) atoms. The van der Waals surface area contributed by atoms with E-state index in [0.717, 1.165) is 11.3 Å². The summed E-state index contributed by atoms with van der Waals surface area (Å²) in [6.07, 6.45) is -0.340. The van der Waals surface area contributed by atoms with Crippen molar-refractivity contribution in [3.63, 3.8) is 0 Å². The SMILES string of the molecule is CCSc1cccc(C(O)C(C)C)c1. The quantitative estimate of drug-likeness (QED) is 0.768. The third kappa shape index (κ3) is 3.03. The second kappa shape index (κ2) is 5.42. The van der Waals surface area contributed by atoms with E-state index >= 15 is 0 Å². The Labute approximate surface area is 90.5 Å². The molecule has 0 aliphatic heterocycles. The van der Waals surface area contributed by atoms with E-state index in [0.29, 0.717) is 0 Å². The third-order valence-electron chi connectivity index (χ3n) is 2.14. The fourth-order valence-corrected chi connectivity index (χ4v) is 2.07. The highest BCUT2D eigenvalue weighted by atomic mass is 32.2. The van der Waals surface area contributed by atoms with Gasteiger partial charge in [0, 0.05) is 4.90 Å². The molecule has 0 heterocycles. The highest BCUT2D eigenvalue weighted by molar-refractivity contribution is 7.99. The molecule has 1 unspecified atom stereocenters. The van der Waals surface area contributed by atoms with Gasteiger partial charge in [-0.2, -0.15) is 0 Å². The molecule has 0 aromatic heterocycles. The van der Waals surface area contributed by atoms with E-state index in [9.17, 15) is 5.11 Å². The van der Waals surface area contributed by atoms with Gasteiger partial charge in [-0.15, -0.1) is 11.8 Å². The number of aliphatic hydroxyl groups is 1. The van der Waals surface area contributed by atoms with Crippen molar-refractivity contribution in [3.8, 4) is 0 Å². The minimum Gasteiger partial charge on any atom is -0.388 e. The summed E-state index contributed by atoms with van der Waals surface area (Å²) in [5.74, 6) is 1.35. The normalized spacial score (nSPS) is 13.2. The van der Waals surface area contributed by atoms with Crippen LogP contribution < -0.4 is 0 Å². The molecule has 2 heteroatoms. The van der Waals surface area contributed by atoms with E-state index in [2.05, 4.69) is 19.1 Å². The lowest BCUT2D eigenvalue weighted by Crippen LogP contribution is -2.05. The van der Waals surface area contributed by atoms with Crippen molar-refractivity contribution in [3.05, 3.63) is 29.8 Å². The maximum absolute atomic E-state index is 9.88. The van der Waals surface area contributed by atoms with Crippen molar-refractivity contribution in [2.75, 3.05) is 5.75 Å². The van der Waals surface area contributed by atoms with Crippen molar-refractivity contribution in [2.45, 2.75) is 31.8 Å². The van der Waals surface area contributed by atoms with E-state index in [1.807, 2.05) is 37.7 Å².